The molecule has 0 aliphatic heterocycles. The molecular formula is C6H5F3N2O3S. The molecule has 0 unspecified atom stereocenters. The molecule has 0 aliphatic carbocycles. The second-order valence-electron chi connectivity index (χ2n) is 2.52. The van der Waals surface area contributed by atoms with Crippen molar-refractivity contribution in [2.45, 2.75) is 11.5 Å². The Morgan fingerprint density at radius 2 is 1.73 bits per heavy atom. The van der Waals surface area contributed by atoms with Gasteiger partial charge in [-0.3, -0.25) is 0 Å². The Bertz CT molecular complexity index is 440. The Kier molecular flexibility index (Phi) is 2.84. The number of ether oxygens (including phenoxy) is 1. The monoisotopic (exact) mass is 242 g/mol. The lowest BCUT2D eigenvalue weighted by atomic mass is 10.6. The summed E-state index contributed by atoms with van der Waals surface area (Å²) in [7, 11) is -3.62. The normalized spacial score (nSPS) is 12.5. The fourth-order valence-corrected chi connectivity index (χ4v) is 1.17. The first-order valence-electron chi connectivity index (χ1n) is 3.46. The summed E-state index contributed by atoms with van der Waals surface area (Å²) in [4.78, 5) is 6.42. The van der Waals surface area contributed by atoms with Gasteiger partial charge in [-0.25, -0.2) is 18.4 Å². The summed E-state index contributed by atoms with van der Waals surface area (Å²) in [6, 6.07) is 0. The van der Waals surface area contributed by atoms with Crippen molar-refractivity contribution in [3.8, 4) is 5.75 Å². The predicted octanol–water partition coefficient (Wildman–Crippen LogP) is 0.779. The number of hydrogen-bond donors (Lipinski definition) is 0. The molecule has 0 aliphatic rings. The fourth-order valence-electron chi connectivity index (χ4n) is 0.682. The zero-order valence-corrected chi connectivity index (χ0v) is 8.13. The first-order valence-corrected chi connectivity index (χ1v) is 5.35. The van der Waals surface area contributed by atoms with E-state index in [0.717, 1.165) is 6.26 Å². The van der Waals surface area contributed by atoms with E-state index in [1.165, 1.54) is 0 Å². The van der Waals surface area contributed by atoms with Gasteiger partial charge >= 0.3 is 6.36 Å². The Labute approximate surface area is 82.8 Å². The van der Waals surface area contributed by atoms with Gasteiger partial charge in [0, 0.05) is 6.26 Å². The molecule has 5 nitrogen and oxygen atoms in total. The Morgan fingerprint density at radius 3 is 2.07 bits per heavy atom. The molecule has 0 atom stereocenters. The van der Waals surface area contributed by atoms with Crippen LogP contribution in [-0.2, 0) is 9.84 Å². The SMILES string of the molecule is CS(=O)(=O)c1ncc(OC(F)(F)F)cn1. The van der Waals surface area contributed by atoms with Gasteiger partial charge in [0.05, 0.1) is 12.4 Å². The number of nitrogens with zero attached hydrogens (tertiary/aromatic N) is 2. The van der Waals surface area contributed by atoms with E-state index in [2.05, 4.69) is 14.7 Å². The molecule has 1 rings (SSSR count). The minimum Gasteiger partial charge on any atom is -0.402 e. The average molecular weight is 242 g/mol. The van der Waals surface area contributed by atoms with Crippen molar-refractivity contribution < 1.29 is 26.3 Å². The van der Waals surface area contributed by atoms with Crippen LogP contribution in [0.25, 0.3) is 0 Å². The highest BCUT2D eigenvalue weighted by molar-refractivity contribution is 7.90. The average Bonchev–Trinajstić information content (AvgIpc) is 2.00. The van der Waals surface area contributed by atoms with Crippen molar-refractivity contribution in [1.82, 2.24) is 9.97 Å². The second kappa shape index (κ2) is 3.65. The number of hydrogen-bond acceptors (Lipinski definition) is 5. The van der Waals surface area contributed by atoms with E-state index in [0.29, 0.717) is 12.4 Å². The van der Waals surface area contributed by atoms with Crippen LogP contribution in [0.4, 0.5) is 13.2 Å². The van der Waals surface area contributed by atoms with E-state index in [-0.39, 0.29) is 0 Å². The van der Waals surface area contributed by atoms with Gasteiger partial charge in [-0.1, -0.05) is 0 Å². The highest BCUT2D eigenvalue weighted by Crippen LogP contribution is 2.21. The van der Waals surface area contributed by atoms with Crippen LogP contribution in [0.1, 0.15) is 0 Å². The third kappa shape index (κ3) is 3.70. The van der Waals surface area contributed by atoms with Crippen molar-refractivity contribution in [2.75, 3.05) is 6.26 Å². The Hall–Kier alpha value is -1.38. The fraction of sp³-hybridized carbons (Fsp3) is 0.333. The quantitative estimate of drug-likeness (QED) is 0.717. The molecule has 0 fully saturated rings. The van der Waals surface area contributed by atoms with Gasteiger partial charge in [0.1, 0.15) is 0 Å². The summed E-state index contributed by atoms with van der Waals surface area (Å²) in [6.07, 6.45) is -2.74. The number of aromatic nitrogens is 2. The largest absolute Gasteiger partial charge is 0.573 e. The minimum atomic E-state index is -4.85. The van der Waals surface area contributed by atoms with E-state index in [4.69, 9.17) is 0 Å². The smallest absolute Gasteiger partial charge is 0.402 e. The van der Waals surface area contributed by atoms with E-state index in [9.17, 15) is 21.6 Å². The predicted molar refractivity (Wildman–Crippen MR) is 41.8 cm³/mol. The standard InChI is InChI=1S/C6H5F3N2O3S/c1-15(12,13)5-10-2-4(3-11-5)14-6(7,8)9/h2-3H,1H3. The highest BCUT2D eigenvalue weighted by Gasteiger charge is 2.31. The first kappa shape index (κ1) is 11.7. The van der Waals surface area contributed by atoms with Crippen LogP contribution in [0.5, 0.6) is 5.75 Å². The first-order chi connectivity index (χ1) is 6.68. The molecule has 0 saturated heterocycles. The second-order valence-corrected chi connectivity index (χ2v) is 4.43. The summed E-state index contributed by atoms with van der Waals surface area (Å²) in [6.45, 7) is 0. The number of alkyl halides is 3. The molecule has 0 radical (unpaired) electrons. The zero-order chi connectivity index (χ0) is 11.7. The molecule has 1 aromatic rings. The van der Waals surface area contributed by atoms with E-state index in [1.807, 2.05) is 0 Å². The molecular weight excluding hydrogens is 237 g/mol. The van der Waals surface area contributed by atoms with Crippen molar-refractivity contribution in [3.63, 3.8) is 0 Å². The number of sulfone groups is 1. The topological polar surface area (TPSA) is 69.2 Å². The van der Waals surface area contributed by atoms with E-state index >= 15 is 0 Å². The number of halogens is 3. The maximum absolute atomic E-state index is 11.7. The molecule has 0 spiro atoms. The van der Waals surface area contributed by atoms with Gasteiger partial charge in [0.15, 0.2) is 5.75 Å². The summed E-state index contributed by atoms with van der Waals surface area (Å²) in [5.41, 5.74) is 0. The maximum atomic E-state index is 11.7. The van der Waals surface area contributed by atoms with Gasteiger partial charge in [0.25, 0.3) is 0 Å². The van der Waals surface area contributed by atoms with Crippen molar-refractivity contribution in [1.29, 1.82) is 0 Å². The molecule has 1 aromatic heterocycles. The van der Waals surface area contributed by atoms with Crippen LogP contribution in [0.3, 0.4) is 0 Å². The summed E-state index contributed by atoms with van der Waals surface area (Å²) in [5, 5.41) is -0.558. The van der Waals surface area contributed by atoms with Crippen LogP contribution in [0.2, 0.25) is 0 Å². The molecule has 15 heavy (non-hydrogen) atoms. The Morgan fingerprint density at radius 1 is 1.27 bits per heavy atom. The van der Waals surface area contributed by atoms with Gasteiger partial charge in [0.2, 0.25) is 15.0 Å². The third-order valence-electron chi connectivity index (χ3n) is 1.17. The van der Waals surface area contributed by atoms with E-state index in [1.54, 1.807) is 0 Å². The van der Waals surface area contributed by atoms with E-state index < -0.39 is 27.1 Å². The van der Waals surface area contributed by atoms with Crippen molar-refractivity contribution in [2.24, 2.45) is 0 Å². The Balaban J connectivity index is 2.92. The summed E-state index contributed by atoms with van der Waals surface area (Å²) >= 11 is 0. The van der Waals surface area contributed by atoms with Crippen LogP contribution in [0.15, 0.2) is 17.6 Å². The van der Waals surface area contributed by atoms with Gasteiger partial charge in [-0.05, 0) is 0 Å². The van der Waals surface area contributed by atoms with Crippen molar-refractivity contribution in [3.05, 3.63) is 12.4 Å². The molecule has 0 amide bonds. The third-order valence-corrected chi connectivity index (χ3v) is 2.04. The van der Waals surface area contributed by atoms with Gasteiger partial charge < -0.3 is 4.74 Å². The summed E-state index contributed by atoms with van der Waals surface area (Å²) < 4.78 is 60.2. The van der Waals surface area contributed by atoms with Crippen LogP contribution in [0, 0.1) is 0 Å². The minimum absolute atomic E-state index is 0.558. The van der Waals surface area contributed by atoms with Crippen LogP contribution in [-0.4, -0.2) is 31.0 Å². The lowest BCUT2D eigenvalue weighted by molar-refractivity contribution is -0.274. The lowest BCUT2D eigenvalue weighted by Gasteiger charge is -2.07. The molecule has 0 aromatic carbocycles. The highest BCUT2D eigenvalue weighted by atomic mass is 32.2. The summed E-state index contributed by atoms with van der Waals surface area (Å²) in [5.74, 6) is -0.671. The number of rotatable bonds is 2. The molecule has 0 N–H and O–H groups in total. The maximum Gasteiger partial charge on any atom is 0.573 e. The zero-order valence-electron chi connectivity index (χ0n) is 7.32. The molecule has 1 heterocycles. The van der Waals surface area contributed by atoms with Gasteiger partial charge in [-0.15, -0.1) is 13.2 Å². The van der Waals surface area contributed by atoms with Gasteiger partial charge in [-0.2, -0.15) is 0 Å². The molecule has 0 bridgehead atoms. The molecule has 0 saturated carbocycles. The molecule has 9 heteroatoms. The van der Waals surface area contributed by atoms with Crippen molar-refractivity contribution >= 4 is 9.84 Å². The van der Waals surface area contributed by atoms with Crippen LogP contribution < -0.4 is 4.74 Å². The van der Waals surface area contributed by atoms with Crippen LogP contribution >= 0.6 is 0 Å². The molecule has 84 valence electrons. The lowest BCUT2D eigenvalue weighted by Crippen LogP contribution is -2.17.